The van der Waals surface area contributed by atoms with Crippen LogP contribution in [0, 0.1) is 0 Å². The summed E-state index contributed by atoms with van der Waals surface area (Å²) in [6, 6.07) is 0. The van der Waals surface area contributed by atoms with Crippen LogP contribution in [0.4, 0.5) is 0 Å². The number of thioether (sulfide) groups is 1. The molecule has 1 aromatic heterocycles. The summed E-state index contributed by atoms with van der Waals surface area (Å²) in [7, 11) is 0. The van der Waals surface area contributed by atoms with E-state index in [0.29, 0.717) is 0 Å². The lowest BCUT2D eigenvalue weighted by molar-refractivity contribution is 1.06. The van der Waals surface area contributed by atoms with Crippen LogP contribution in [0.2, 0.25) is 0 Å². The topological polar surface area (TPSA) is 28.7 Å². The highest BCUT2D eigenvalue weighted by atomic mass is 32.2. The van der Waals surface area contributed by atoms with Crippen molar-refractivity contribution in [3.05, 3.63) is 23.1 Å². The Hall–Kier alpha value is -0.700. The molecule has 0 unspecified atom stereocenters. The number of imidazole rings is 1. The van der Waals surface area contributed by atoms with E-state index in [-0.39, 0.29) is 0 Å². The maximum absolute atomic E-state index is 4.37. The lowest BCUT2D eigenvalue weighted by atomic mass is 10.4. The van der Waals surface area contributed by atoms with Crippen LogP contribution in [0.5, 0.6) is 0 Å². The zero-order valence-electron chi connectivity index (χ0n) is 8.21. The molecule has 1 rings (SSSR count). The van der Waals surface area contributed by atoms with Gasteiger partial charge in [-0.05, 0) is 30.1 Å². The number of aromatic nitrogens is 2. The average Bonchev–Trinajstić information content (AvgIpc) is 2.60. The Balaban J connectivity index is 2.39. The van der Waals surface area contributed by atoms with Crippen LogP contribution >= 0.6 is 11.8 Å². The summed E-state index contributed by atoms with van der Waals surface area (Å²) in [5, 5.41) is 2.10. The van der Waals surface area contributed by atoms with Gasteiger partial charge in [0.2, 0.25) is 0 Å². The van der Waals surface area contributed by atoms with E-state index in [1.165, 1.54) is 12.2 Å². The predicted octanol–water partition coefficient (Wildman–Crippen LogP) is 3.09. The number of H-pyrrole nitrogens is 1. The number of nitrogens with zero attached hydrogens (tertiary/aromatic N) is 1. The molecule has 13 heavy (non-hydrogen) atoms. The third kappa shape index (κ3) is 3.68. The van der Waals surface area contributed by atoms with Gasteiger partial charge in [-0.25, -0.2) is 4.98 Å². The number of rotatable bonds is 5. The molecular weight excluding hydrogens is 180 g/mol. The highest BCUT2D eigenvalue weighted by molar-refractivity contribution is 8.02. The molecule has 0 saturated heterocycles. The molecule has 0 aliphatic carbocycles. The molecule has 0 fully saturated rings. The lowest BCUT2D eigenvalue weighted by Crippen LogP contribution is -1.78. The minimum atomic E-state index is 0.959. The van der Waals surface area contributed by atoms with Gasteiger partial charge in [-0.3, -0.25) is 0 Å². The Labute approximate surface area is 83.8 Å². The van der Waals surface area contributed by atoms with E-state index in [2.05, 4.69) is 29.2 Å². The second-order valence-corrected chi connectivity index (χ2v) is 3.82. The third-order valence-corrected chi connectivity index (χ3v) is 2.63. The summed E-state index contributed by atoms with van der Waals surface area (Å²) in [6.45, 7) is 4.29. The normalized spacial score (nSPS) is 11.2. The van der Waals surface area contributed by atoms with Crippen molar-refractivity contribution in [2.75, 3.05) is 5.75 Å². The van der Waals surface area contributed by atoms with Crippen LogP contribution < -0.4 is 0 Å². The molecule has 2 nitrogen and oxygen atoms in total. The molecule has 0 spiro atoms. The first-order valence-corrected chi connectivity index (χ1v) is 5.74. The fourth-order valence-electron chi connectivity index (χ4n) is 0.941. The van der Waals surface area contributed by atoms with Gasteiger partial charge in [0.15, 0.2) is 0 Å². The Morgan fingerprint density at radius 1 is 1.54 bits per heavy atom. The quantitative estimate of drug-likeness (QED) is 0.733. The maximum atomic E-state index is 4.37. The minimum Gasteiger partial charge on any atom is -0.345 e. The van der Waals surface area contributed by atoms with Gasteiger partial charge in [-0.15, -0.1) is 11.8 Å². The standard InChI is InChI=1S/C10H16N2S/c1-3-6-13-7-5-10-11-8-9(4-2)12-10/h5,7-8H,3-4,6H2,1-2H3,(H,11,12). The minimum absolute atomic E-state index is 0.959. The van der Waals surface area contributed by atoms with Gasteiger partial charge < -0.3 is 4.98 Å². The molecular formula is C10H16N2S. The number of aryl methyl sites for hydroxylation is 1. The first-order chi connectivity index (χ1) is 6.36. The average molecular weight is 196 g/mol. The van der Waals surface area contributed by atoms with Crippen molar-refractivity contribution in [3.8, 4) is 0 Å². The first kappa shape index (κ1) is 10.4. The van der Waals surface area contributed by atoms with Crippen LogP contribution in [0.3, 0.4) is 0 Å². The molecule has 1 heterocycles. The van der Waals surface area contributed by atoms with Crippen molar-refractivity contribution in [3.63, 3.8) is 0 Å². The monoisotopic (exact) mass is 196 g/mol. The van der Waals surface area contributed by atoms with Crippen LogP contribution in [0.15, 0.2) is 11.6 Å². The SMILES string of the molecule is CCCSC=Cc1nc(CC)c[nH]1. The van der Waals surface area contributed by atoms with Gasteiger partial charge >= 0.3 is 0 Å². The Bertz CT molecular complexity index is 266. The summed E-state index contributed by atoms with van der Waals surface area (Å²) in [5.74, 6) is 2.14. The largest absolute Gasteiger partial charge is 0.345 e. The Morgan fingerprint density at radius 2 is 2.38 bits per heavy atom. The van der Waals surface area contributed by atoms with E-state index in [0.717, 1.165) is 17.9 Å². The second kappa shape index (κ2) is 5.86. The van der Waals surface area contributed by atoms with Crippen molar-refractivity contribution in [2.24, 2.45) is 0 Å². The van der Waals surface area contributed by atoms with E-state index in [4.69, 9.17) is 0 Å². The summed E-state index contributed by atoms with van der Waals surface area (Å²) < 4.78 is 0. The number of aromatic amines is 1. The Morgan fingerprint density at radius 3 is 3.00 bits per heavy atom. The van der Waals surface area contributed by atoms with Gasteiger partial charge in [0.1, 0.15) is 5.82 Å². The first-order valence-electron chi connectivity index (χ1n) is 4.69. The number of hydrogen-bond acceptors (Lipinski definition) is 2. The van der Waals surface area contributed by atoms with Gasteiger partial charge in [-0.1, -0.05) is 13.8 Å². The fourth-order valence-corrected chi connectivity index (χ4v) is 1.54. The van der Waals surface area contributed by atoms with Crippen LogP contribution in [0.1, 0.15) is 31.8 Å². The summed E-state index contributed by atoms with van der Waals surface area (Å²) in [4.78, 5) is 7.49. The van der Waals surface area contributed by atoms with E-state index in [9.17, 15) is 0 Å². The van der Waals surface area contributed by atoms with E-state index in [1.54, 1.807) is 0 Å². The molecule has 0 saturated carbocycles. The lowest BCUT2D eigenvalue weighted by Gasteiger charge is -1.87. The molecule has 0 aromatic carbocycles. The summed E-state index contributed by atoms with van der Waals surface area (Å²) in [6.07, 6.45) is 6.20. The Kier molecular flexibility index (Phi) is 4.68. The zero-order valence-corrected chi connectivity index (χ0v) is 9.03. The number of nitrogens with one attached hydrogen (secondary N) is 1. The van der Waals surface area contributed by atoms with Crippen molar-refractivity contribution >= 4 is 17.8 Å². The molecule has 0 aliphatic rings. The molecule has 3 heteroatoms. The van der Waals surface area contributed by atoms with Gasteiger partial charge in [-0.2, -0.15) is 0 Å². The van der Waals surface area contributed by atoms with E-state index < -0.39 is 0 Å². The van der Waals surface area contributed by atoms with Crippen molar-refractivity contribution in [1.29, 1.82) is 0 Å². The van der Waals surface area contributed by atoms with Crippen molar-refractivity contribution < 1.29 is 0 Å². The highest BCUT2D eigenvalue weighted by Gasteiger charge is 1.93. The molecule has 1 aromatic rings. The zero-order chi connectivity index (χ0) is 9.52. The summed E-state index contributed by atoms with van der Waals surface area (Å²) in [5.41, 5.74) is 1.13. The van der Waals surface area contributed by atoms with Crippen LogP contribution in [-0.2, 0) is 6.42 Å². The van der Waals surface area contributed by atoms with Gasteiger partial charge in [0.25, 0.3) is 0 Å². The highest BCUT2D eigenvalue weighted by Crippen LogP contribution is 2.07. The molecule has 0 aliphatic heterocycles. The van der Waals surface area contributed by atoms with Crippen LogP contribution in [0.25, 0.3) is 6.08 Å². The fraction of sp³-hybridized carbons (Fsp3) is 0.500. The van der Waals surface area contributed by atoms with Gasteiger partial charge in [0, 0.05) is 6.20 Å². The van der Waals surface area contributed by atoms with Crippen LogP contribution in [-0.4, -0.2) is 15.7 Å². The van der Waals surface area contributed by atoms with Gasteiger partial charge in [0.05, 0.1) is 5.69 Å². The maximum Gasteiger partial charge on any atom is 0.130 e. The molecule has 0 bridgehead atoms. The number of hydrogen-bond donors (Lipinski definition) is 1. The molecule has 0 radical (unpaired) electrons. The summed E-state index contributed by atoms with van der Waals surface area (Å²) >= 11 is 1.82. The van der Waals surface area contributed by atoms with E-state index in [1.807, 2.05) is 24.0 Å². The van der Waals surface area contributed by atoms with Crippen molar-refractivity contribution in [1.82, 2.24) is 9.97 Å². The predicted molar refractivity (Wildman–Crippen MR) is 59.7 cm³/mol. The molecule has 0 amide bonds. The molecule has 1 N–H and O–H groups in total. The van der Waals surface area contributed by atoms with Crippen molar-refractivity contribution in [2.45, 2.75) is 26.7 Å². The molecule has 72 valence electrons. The second-order valence-electron chi connectivity index (χ2n) is 2.80. The smallest absolute Gasteiger partial charge is 0.130 e. The molecule has 0 atom stereocenters. The van der Waals surface area contributed by atoms with E-state index >= 15 is 0 Å². The third-order valence-electron chi connectivity index (χ3n) is 1.66.